The maximum absolute atomic E-state index is 13.9. The normalized spacial score (nSPS) is 15.6. The number of thioether (sulfide) groups is 1. The number of aryl methyl sites for hydroxylation is 1. The largest absolute Gasteiger partial charge is 0.339 e. The number of imidazole rings is 1. The van der Waals surface area contributed by atoms with Crippen molar-refractivity contribution in [2.75, 3.05) is 31.9 Å². The number of para-hydroxylation sites is 2. The lowest BCUT2D eigenvalue weighted by Crippen LogP contribution is -2.51. The molecule has 30 heavy (non-hydrogen) atoms. The summed E-state index contributed by atoms with van der Waals surface area (Å²) in [6, 6.07) is 13.1. The van der Waals surface area contributed by atoms with E-state index in [1.807, 2.05) is 35.9 Å². The number of nitrogens with zero attached hydrogens (tertiary/aromatic N) is 4. The van der Waals surface area contributed by atoms with E-state index in [1.165, 1.54) is 34.3 Å². The van der Waals surface area contributed by atoms with Crippen LogP contribution in [-0.2, 0) is 21.9 Å². The van der Waals surface area contributed by atoms with E-state index in [9.17, 15) is 17.6 Å². The Balaban J connectivity index is 1.36. The highest BCUT2D eigenvalue weighted by Crippen LogP contribution is 2.24. The number of carbonyl (C=O) groups is 1. The van der Waals surface area contributed by atoms with Gasteiger partial charge in [-0.3, -0.25) is 4.79 Å². The number of amides is 1. The summed E-state index contributed by atoms with van der Waals surface area (Å²) in [5.74, 6) is -0.623. The summed E-state index contributed by atoms with van der Waals surface area (Å²) in [5, 5.41) is 0.755. The first-order valence-corrected chi connectivity index (χ1v) is 11.9. The van der Waals surface area contributed by atoms with E-state index in [4.69, 9.17) is 0 Å². The van der Waals surface area contributed by atoms with Gasteiger partial charge in [0.1, 0.15) is 10.7 Å². The zero-order valence-electron chi connectivity index (χ0n) is 16.4. The van der Waals surface area contributed by atoms with Crippen LogP contribution >= 0.6 is 11.8 Å². The number of aromatic nitrogens is 2. The van der Waals surface area contributed by atoms with Crippen molar-refractivity contribution >= 4 is 38.7 Å². The maximum Gasteiger partial charge on any atom is 0.246 e. The van der Waals surface area contributed by atoms with Crippen molar-refractivity contribution in [3.05, 3.63) is 54.3 Å². The first-order valence-electron chi connectivity index (χ1n) is 9.44. The second-order valence-corrected chi connectivity index (χ2v) is 9.79. The Morgan fingerprint density at radius 1 is 1.07 bits per heavy atom. The molecule has 1 saturated heterocycles. The zero-order valence-corrected chi connectivity index (χ0v) is 18.0. The summed E-state index contributed by atoms with van der Waals surface area (Å²) in [6.07, 6.45) is 0. The van der Waals surface area contributed by atoms with E-state index in [1.54, 1.807) is 4.90 Å². The van der Waals surface area contributed by atoms with Gasteiger partial charge in [-0.05, 0) is 24.3 Å². The van der Waals surface area contributed by atoms with Crippen LogP contribution in [0.3, 0.4) is 0 Å². The topological polar surface area (TPSA) is 75.5 Å². The minimum atomic E-state index is -3.92. The number of sulfonamides is 1. The predicted octanol–water partition coefficient (Wildman–Crippen LogP) is 2.34. The number of hydrogen-bond donors (Lipinski definition) is 0. The van der Waals surface area contributed by atoms with Gasteiger partial charge in [-0.1, -0.05) is 36.0 Å². The van der Waals surface area contributed by atoms with Gasteiger partial charge in [-0.25, -0.2) is 17.8 Å². The van der Waals surface area contributed by atoms with E-state index >= 15 is 0 Å². The van der Waals surface area contributed by atoms with Crippen molar-refractivity contribution in [2.45, 2.75) is 10.1 Å². The van der Waals surface area contributed by atoms with Crippen LogP contribution in [0.25, 0.3) is 11.0 Å². The number of halogens is 1. The van der Waals surface area contributed by atoms with Crippen molar-refractivity contribution in [3.8, 4) is 0 Å². The molecular formula is C20H21FN4O3S2. The molecule has 2 aromatic carbocycles. The van der Waals surface area contributed by atoms with Crippen molar-refractivity contribution in [1.82, 2.24) is 18.8 Å². The molecule has 1 amide bonds. The number of rotatable bonds is 5. The van der Waals surface area contributed by atoms with Gasteiger partial charge in [0.2, 0.25) is 15.9 Å². The van der Waals surface area contributed by atoms with E-state index < -0.39 is 15.8 Å². The summed E-state index contributed by atoms with van der Waals surface area (Å²) in [7, 11) is -2.00. The molecule has 2 heterocycles. The van der Waals surface area contributed by atoms with E-state index in [-0.39, 0.29) is 42.7 Å². The van der Waals surface area contributed by atoms with Gasteiger partial charge < -0.3 is 9.47 Å². The Morgan fingerprint density at radius 3 is 2.43 bits per heavy atom. The van der Waals surface area contributed by atoms with Crippen LogP contribution in [0.2, 0.25) is 0 Å². The second kappa shape index (κ2) is 8.37. The van der Waals surface area contributed by atoms with Crippen LogP contribution < -0.4 is 0 Å². The Labute approximate surface area is 178 Å². The summed E-state index contributed by atoms with van der Waals surface area (Å²) in [4.78, 5) is 18.5. The third-order valence-electron chi connectivity index (χ3n) is 5.12. The number of piperazine rings is 1. The van der Waals surface area contributed by atoms with Crippen molar-refractivity contribution in [3.63, 3.8) is 0 Å². The Morgan fingerprint density at radius 2 is 1.73 bits per heavy atom. The van der Waals surface area contributed by atoms with Crippen LogP contribution in [-0.4, -0.2) is 65.0 Å². The Bertz CT molecular complexity index is 1190. The smallest absolute Gasteiger partial charge is 0.246 e. The summed E-state index contributed by atoms with van der Waals surface area (Å²) >= 11 is 1.36. The highest BCUT2D eigenvalue weighted by Gasteiger charge is 2.31. The van der Waals surface area contributed by atoms with Crippen molar-refractivity contribution < 1.29 is 17.6 Å². The summed E-state index contributed by atoms with van der Waals surface area (Å²) in [5.41, 5.74) is 1.88. The Hall–Kier alpha value is -2.43. The molecule has 0 bridgehead atoms. The number of fused-ring (bicyclic) bond motifs is 1. The number of carbonyl (C=O) groups excluding carboxylic acids is 1. The summed E-state index contributed by atoms with van der Waals surface area (Å²) < 4.78 is 42.5. The lowest BCUT2D eigenvalue weighted by molar-refractivity contribution is -0.129. The minimum Gasteiger partial charge on any atom is -0.339 e. The van der Waals surface area contributed by atoms with Crippen LogP contribution in [0.1, 0.15) is 0 Å². The zero-order chi connectivity index (χ0) is 21.3. The SMILES string of the molecule is Cn1c(SCC(=O)N2CCN(S(=O)(=O)c3ccccc3F)CC2)nc2ccccc21. The number of benzene rings is 2. The first-order chi connectivity index (χ1) is 14.4. The minimum absolute atomic E-state index is 0.0741. The predicted molar refractivity (Wildman–Crippen MR) is 113 cm³/mol. The van der Waals surface area contributed by atoms with Crippen LogP contribution in [0, 0.1) is 5.82 Å². The van der Waals surface area contributed by atoms with E-state index in [0.29, 0.717) is 0 Å². The van der Waals surface area contributed by atoms with Crippen molar-refractivity contribution in [1.29, 1.82) is 0 Å². The molecule has 0 atom stereocenters. The molecule has 1 aliphatic rings. The molecule has 158 valence electrons. The fourth-order valence-electron chi connectivity index (χ4n) is 3.44. The van der Waals surface area contributed by atoms with Gasteiger partial charge in [-0.2, -0.15) is 4.31 Å². The molecule has 0 N–H and O–H groups in total. The monoisotopic (exact) mass is 448 g/mol. The fourth-order valence-corrected chi connectivity index (χ4v) is 5.82. The van der Waals surface area contributed by atoms with Gasteiger partial charge in [-0.15, -0.1) is 0 Å². The average molecular weight is 449 g/mol. The van der Waals surface area contributed by atoms with Gasteiger partial charge in [0.05, 0.1) is 16.8 Å². The average Bonchev–Trinajstić information content (AvgIpc) is 3.08. The molecule has 1 fully saturated rings. The molecule has 0 radical (unpaired) electrons. The maximum atomic E-state index is 13.9. The van der Waals surface area contributed by atoms with Crippen LogP contribution in [0.15, 0.2) is 58.6 Å². The van der Waals surface area contributed by atoms with E-state index in [2.05, 4.69) is 4.98 Å². The molecule has 3 aromatic rings. The van der Waals surface area contributed by atoms with Crippen molar-refractivity contribution in [2.24, 2.45) is 7.05 Å². The van der Waals surface area contributed by atoms with Gasteiger partial charge >= 0.3 is 0 Å². The standard InChI is InChI=1S/C20H21FN4O3S2/c1-23-17-8-4-3-7-16(17)22-20(23)29-14-19(26)24-10-12-25(13-11-24)30(27,28)18-9-5-2-6-15(18)21/h2-9H,10-14H2,1H3. The van der Waals surface area contributed by atoms with Crippen LogP contribution in [0.5, 0.6) is 0 Å². The molecule has 0 saturated carbocycles. The highest BCUT2D eigenvalue weighted by molar-refractivity contribution is 7.99. The third-order valence-corrected chi connectivity index (χ3v) is 8.06. The second-order valence-electron chi connectivity index (χ2n) is 6.95. The molecule has 1 aliphatic heterocycles. The van der Waals surface area contributed by atoms with Gasteiger partial charge in [0.25, 0.3) is 0 Å². The molecule has 4 rings (SSSR count). The molecule has 0 spiro atoms. The number of hydrogen-bond acceptors (Lipinski definition) is 5. The molecule has 0 unspecified atom stereocenters. The fraction of sp³-hybridized carbons (Fsp3) is 0.300. The quantitative estimate of drug-likeness (QED) is 0.560. The van der Waals surface area contributed by atoms with Crippen LogP contribution in [0.4, 0.5) is 4.39 Å². The molecule has 1 aromatic heterocycles. The lowest BCUT2D eigenvalue weighted by atomic mass is 10.3. The highest BCUT2D eigenvalue weighted by atomic mass is 32.2. The van der Waals surface area contributed by atoms with Gasteiger partial charge in [0.15, 0.2) is 5.16 Å². The molecular weight excluding hydrogens is 427 g/mol. The first kappa shape index (κ1) is 20.8. The van der Waals surface area contributed by atoms with Gasteiger partial charge in [0, 0.05) is 33.2 Å². The lowest BCUT2D eigenvalue weighted by Gasteiger charge is -2.34. The molecule has 7 nitrogen and oxygen atoms in total. The third kappa shape index (κ3) is 3.94. The van der Waals surface area contributed by atoms with E-state index in [0.717, 1.165) is 22.3 Å². The molecule has 0 aliphatic carbocycles. The molecule has 10 heteroatoms. The summed E-state index contributed by atoms with van der Waals surface area (Å²) in [6.45, 7) is 0.823. The Kier molecular flexibility index (Phi) is 5.81.